The first-order valence-electron chi connectivity index (χ1n) is 12.3. The first-order valence-corrected chi connectivity index (χ1v) is 12.3. The van der Waals surface area contributed by atoms with Gasteiger partial charge in [-0.2, -0.15) is 20.0 Å². The molecule has 0 saturated carbocycles. The van der Waals surface area contributed by atoms with Crippen LogP contribution in [-0.2, 0) is 4.74 Å². The number of hydrogen-bond donors (Lipinski definition) is 2. The lowest BCUT2D eigenvalue weighted by Crippen LogP contribution is -2.45. The number of morpholine rings is 1. The Morgan fingerprint density at radius 1 is 0.917 bits per heavy atom. The summed E-state index contributed by atoms with van der Waals surface area (Å²) in [4.78, 5) is 44.6. The van der Waals surface area contributed by atoms with Crippen LogP contribution in [0.4, 0.5) is 17.8 Å². The topological polar surface area (TPSA) is 116 Å². The van der Waals surface area contributed by atoms with Crippen molar-refractivity contribution < 1.29 is 14.3 Å². The Hall–Kier alpha value is -3.83. The van der Waals surface area contributed by atoms with Crippen LogP contribution in [0.25, 0.3) is 10.8 Å². The van der Waals surface area contributed by atoms with Gasteiger partial charge >= 0.3 is 0 Å². The summed E-state index contributed by atoms with van der Waals surface area (Å²) in [6.07, 6.45) is 0. The largest absolute Gasteiger partial charge is 0.378 e. The molecular formula is C25H30N8O3. The van der Waals surface area contributed by atoms with Gasteiger partial charge in [0.05, 0.1) is 24.3 Å². The molecule has 5 rings (SSSR count). The third kappa shape index (κ3) is 4.67. The number of ether oxygens (including phenoxy) is 1. The van der Waals surface area contributed by atoms with E-state index in [9.17, 15) is 9.59 Å². The summed E-state index contributed by atoms with van der Waals surface area (Å²) in [5.74, 6) is 0.0496. The monoisotopic (exact) mass is 490 g/mol. The molecule has 2 N–H and O–H groups in total. The van der Waals surface area contributed by atoms with Crippen LogP contribution < -0.4 is 15.6 Å². The van der Waals surface area contributed by atoms with Crippen LogP contribution in [0.3, 0.4) is 0 Å². The van der Waals surface area contributed by atoms with Crippen LogP contribution in [0.5, 0.6) is 0 Å². The van der Waals surface area contributed by atoms with E-state index in [0.29, 0.717) is 61.3 Å². The van der Waals surface area contributed by atoms with E-state index in [0.717, 1.165) is 30.0 Å². The van der Waals surface area contributed by atoms with Crippen LogP contribution in [0.1, 0.15) is 34.6 Å². The van der Waals surface area contributed by atoms with Gasteiger partial charge < -0.3 is 19.9 Å². The molecule has 0 unspecified atom stereocenters. The third-order valence-corrected chi connectivity index (χ3v) is 6.51. The molecule has 188 valence electrons. The summed E-state index contributed by atoms with van der Waals surface area (Å²) < 4.78 is 5.46. The maximum atomic E-state index is 13.3. The number of nitrogens with one attached hydrogen (secondary N) is 2. The number of carbonyl (C=O) groups is 2. The van der Waals surface area contributed by atoms with Gasteiger partial charge in [0.25, 0.3) is 11.8 Å². The molecule has 11 heteroatoms. The molecule has 0 atom stereocenters. The lowest BCUT2D eigenvalue weighted by Gasteiger charge is -2.29. The highest BCUT2D eigenvalue weighted by Crippen LogP contribution is 2.30. The molecule has 3 aromatic rings. The van der Waals surface area contributed by atoms with Crippen LogP contribution in [0, 0.1) is 0 Å². The average Bonchev–Trinajstić information content (AvgIpc) is 2.92. The van der Waals surface area contributed by atoms with E-state index in [4.69, 9.17) is 4.74 Å². The minimum absolute atomic E-state index is 0.116. The van der Waals surface area contributed by atoms with Crippen molar-refractivity contribution in [3.63, 3.8) is 0 Å². The highest BCUT2D eigenvalue weighted by molar-refractivity contribution is 6.25. The second-order valence-corrected chi connectivity index (χ2v) is 8.60. The first-order chi connectivity index (χ1) is 17.6. The summed E-state index contributed by atoms with van der Waals surface area (Å²) in [6, 6.07) is 10.9. The summed E-state index contributed by atoms with van der Waals surface area (Å²) in [7, 11) is 0. The zero-order chi connectivity index (χ0) is 25.1. The van der Waals surface area contributed by atoms with E-state index in [1.54, 1.807) is 12.1 Å². The zero-order valence-electron chi connectivity index (χ0n) is 20.5. The Morgan fingerprint density at radius 2 is 1.56 bits per heavy atom. The Bertz CT molecular complexity index is 1220. The van der Waals surface area contributed by atoms with Crippen LogP contribution >= 0.6 is 0 Å². The molecule has 0 spiro atoms. The Labute approximate surface area is 209 Å². The third-order valence-electron chi connectivity index (χ3n) is 6.51. The summed E-state index contributed by atoms with van der Waals surface area (Å²) in [5.41, 5.74) is 3.78. The minimum Gasteiger partial charge on any atom is -0.378 e. The molecule has 11 nitrogen and oxygen atoms in total. The fourth-order valence-corrected chi connectivity index (χ4v) is 4.50. The molecule has 36 heavy (non-hydrogen) atoms. The van der Waals surface area contributed by atoms with Gasteiger partial charge in [0.15, 0.2) is 0 Å². The number of likely N-dealkylation sites (N-methyl/N-ethyl adjacent to an activating group) is 1. The van der Waals surface area contributed by atoms with Crippen molar-refractivity contribution in [1.29, 1.82) is 0 Å². The Morgan fingerprint density at radius 3 is 2.19 bits per heavy atom. The number of nitrogens with zero attached hydrogens (tertiary/aromatic N) is 6. The van der Waals surface area contributed by atoms with Crippen molar-refractivity contribution in [2.24, 2.45) is 0 Å². The van der Waals surface area contributed by atoms with Crippen LogP contribution in [0.15, 0.2) is 36.4 Å². The lowest BCUT2D eigenvalue weighted by atomic mass is 9.95. The number of rotatable bonds is 9. The normalized spacial score (nSPS) is 15.6. The van der Waals surface area contributed by atoms with Gasteiger partial charge in [0.1, 0.15) is 0 Å². The summed E-state index contributed by atoms with van der Waals surface area (Å²) >= 11 is 0. The number of hydrazine groups is 1. The lowest BCUT2D eigenvalue weighted by molar-refractivity contribution is 0.0647. The molecule has 2 aliphatic rings. The Kier molecular flexibility index (Phi) is 6.92. The quantitative estimate of drug-likeness (QED) is 0.433. The van der Waals surface area contributed by atoms with E-state index >= 15 is 0 Å². The SMILES string of the molecule is CCN(CC)CCNc1nc(NN2C(=O)c3cccc4cccc(c34)C2=O)nc(N2CCOCC2)n1. The van der Waals surface area contributed by atoms with Crippen molar-refractivity contribution in [3.8, 4) is 0 Å². The molecule has 2 amide bonds. The maximum absolute atomic E-state index is 13.3. The molecule has 1 fully saturated rings. The number of anilines is 3. The number of benzene rings is 2. The van der Waals surface area contributed by atoms with Crippen molar-refractivity contribution in [1.82, 2.24) is 24.9 Å². The highest BCUT2D eigenvalue weighted by Gasteiger charge is 2.34. The van der Waals surface area contributed by atoms with Crippen molar-refractivity contribution in [2.75, 3.05) is 68.1 Å². The summed E-state index contributed by atoms with van der Waals surface area (Å²) in [5, 5.41) is 5.76. The predicted molar refractivity (Wildman–Crippen MR) is 137 cm³/mol. The standard InChI is InChI=1S/C25H30N8O3/c1-3-31(4-2)12-11-26-23-27-24(29-25(28-23)32-13-15-36-16-14-32)30-33-21(34)18-9-5-7-17-8-6-10-19(20(17)18)22(33)35/h5-10H,3-4,11-16H2,1-2H3,(H2,26,27,28,29,30). The van der Waals surface area contributed by atoms with Crippen LogP contribution in [-0.4, -0.2) is 89.2 Å². The fraction of sp³-hybridized carbons (Fsp3) is 0.400. The van der Waals surface area contributed by atoms with E-state index in [1.807, 2.05) is 29.2 Å². The molecule has 3 heterocycles. The van der Waals surface area contributed by atoms with Gasteiger partial charge in [-0.15, -0.1) is 0 Å². The zero-order valence-corrected chi connectivity index (χ0v) is 20.5. The molecule has 2 aliphatic heterocycles. The predicted octanol–water partition coefficient (Wildman–Crippen LogP) is 2.24. The second-order valence-electron chi connectivity index (χ2n) is 8.60. The molecule has 2 aromatic carbocycles. The molecule has 0 bridgehead atoms. The number of amides is 2. The smallest absolute Gasteiger partial charge is 0.280 e. The number of hydrogen-bond acceptors (Lipinski definition) is 10. The van der Waals surface area contributed by atoms with Gasteiger partial charge in [-0.25, -0.2) is 0 Å². The van der Waals surface area contributed by atoms with Gasteiger partial charge in [-0.1, -0.05) is 38.1 Å². The van der Waals surface area contributed by atoms with E-state index in [-0.39, 0.29) is 5.95 Å². The van der Waals surface area contributed by atoms with Crippen molar-refractivity contribution in [3.05, 3.63) is 47.5 Å². The van der Waals surface area contributed by atoms with Crippen molar-refractivity contribution in [2.45, 2.75) is 13.8 Å². The maximum Gasteiger partial charge on any atom is 0.280 e. The number of aromatic nitrogens is 3. The molecule has 1 aromatic heterocycles. The first kappa shape index (κ1) is 23.9. The van der Waals surface area contributed by atoms with Gasteiger partial charge in [0, 0.05) is 31.6 Å². The van der Waals surface area contributed by atoms with Gasteiger partial charge in [-0.3, -0.25) is 15.0 Å². The minimum atomic E-state index is -0.450. The molecule has 1 saturated heterocycles. The van der Waals surface area contributed by atoms with Gasteiger partial charge in [0.2, 0.25) is 17.8 Å². The fourth-order valence-electron chi connectivity index (χ4n) is 4.50. The van der Waals surface area contributed by atoms with E-state index in [2.05, 4.69) is 44.4 Å². The average molecular weight is 491 g/mol. The molecule has 0 radical (unpaired) electrons. The van der Waals surface area contributed by atoms with E-state index in [1.165, 1.54) is 0 Å². The highest BCUT2D eigenvalue weighted by atomic mass is 16.5. The number of carbonyl (C=O) groups excluding carboxylic acids is 2. The Balaban J connectivity index is 1.43. The van der Waals surface area contributed by atoms with Crippen LogP contribution in [0.2, 0.25) is 0 Å². The van der Waals surface area contributed by atoms with Crippen molar-refractivity contribution >= 4 is 40.4 Å². The molecule has 0 aliphatic carbocycles. The van der Waals surface area contributed by atoms with Gasteiger partial charge in [-0.05, 0) is 30.6 Å². The van der Waals surface area contributed by atoms with E-state index < -0.39 is 11.8 Å². The summed E-state index contributed by atoms with van der Waals surface area (Å²) in [6.45, 7) is 10.0. The second kappa shape index (κ2) is 10.4. The number of imide groups is 1. The molecular weight excluding hydrogens is 460 g/mol.